The van der Waals surface area contributed by atoms with Crippen molar-refractivity contribution in [2.45, 2.75) is 13.0 Å². The summed E-state index contributed by atoms with van der Waals surface area (Å²) in [6, 6.07) is 17.9. The van der Waals surface area contributed by atoms with E-state index in [1.54, 1.807) is 0 Å². The molecule has 128 valence electrons. The summed E-state index contributed by atoms with van der Waals surface area (Å²) in [6.07, 6.45) is 1.11. The first-order chi connectivity index (χ1) is 11.3. The number of para-hydroxylation sites is 1. The van der Waals surface area contributed by atoms with Gasteiger partial charge in [0, 0.05) is 37.4 Å². The number of hydrogen-bond acceptors (Lipinski definition) is 3. The van der Waals surface area contributed by atoms with E-state index in [4.69, 9.17) is 5.73 Å². The van der Waals surface area contributed by atoms with Crippen molar-refractivity contribution in [2.24, 2.45) is 11.7 Å². The van der Waals surface area contributed by atoms with Crippen molar-refractivity contribution in [3.05, 3.63) is 65.7 Å². The number of nitrogens with two attached hydrogens (primary N) is 1. The number of amides is 1. The molecule has 1 fully saturated rings. The smallest absolute Gasteiger partial charge is 0.251 e. The van der Waals surface area contributed by atoms with Crippen LogP contribution in [0.3, 0.4) is 0 Å². The number of nitrogens with one attached hydrogen (secondary N) is 1. The zero-order chi connectivity index (χ0) is 16.1. The van der Waals surface area contributed by atoms with Crippen LogP contribution < -0.4 is 16.0 Å². The van der Waals surface area contributed by atoms with Gasteiger partial charge in [-0.1, -0.05) is 30.3 Å². The maximum absolute atomic E-state index is 12.2. The third kappa shape index (κ3) is 4.49. The van der Waals surface area contributed by atoms with Crippen LogP contribution in [-0.2, 0) is 6.54 Å². The van der Waals surface area contributed by atoms with Gasteiger partial charge in [-0.15, -0.1) is 12.4 Å². The van der Waals surface area contributed by atoms with Crippen LogP contribution >= 0.6 is 12.4 Å². The summed E-state index contributed by atoms with van der Waals surface area (Å²) >= 11 is 0. The summed E-state index contributed by atoms with van der Waals surface area (Å²) in [4.78, 5) is 14.6. The van der Waals surface area contributed by atoms with E-state index in [0.717, 1.165) is 31.6 Å². The highest BCUT2D eigenvalue weighted by Crippen LogP contribution is 2.23. The number of benzene rings is 2. The van der Waals surface area contributed by atoms with Crippen LogP contribution in [0.2, 0.25) is 0 Å². The van der Waals surface area contributed by atoms with Crippen molar-refractivity contribution in [2.75, 3.05) is 24.5 Å². The Balaban J connectivity index is 0.00000208. The Morgan fingerprint density at radius 3 is 2.50 bits per heavy atom. The van der Waals surface area contributed by atoms with E-state index in [9.17, 15) is 4.79 Å². The molecule has 2 aromatic carbocycles. The van der Waals surface area contributed by atoms with E-state index >= 15 is 0 Å². The number of carbonyl (C=O) groups excluding carboxylic acids is 1. The molecule has 1 aliphatic heterocycles. The molecule has 1 unspecified atom stereocenters. The third-order valence-electron chi connectivity index (χ3n) is 4.41. The van der Waals surface area contributed by atoms with Gasteiger partial charge in [-0.3, -0.25) is 4.79 Å². The van der Waals surface area contributed by atoms with E-state index < -0.39 is 0 Å². The SMILES string of the molecule is Cl.NCc1ccc(C(=O)NCC2CCN(c3ccccc3)C2)cc1. The maximum Gasteiger partial charge on any atom is 0.251 e. The highest BCUT2D eigenvalue weighted by atomic mass is 35.5. The lowest BCUT2D eigenvalue weighted by Crippen LogP contribution is -2.31. The molecule has 4 nitrogen and oxygen atoms in total. The topological polar surface area (TPSA) is 58.4 Å². The summed E-state index contributed by atoms with van der Waals surface area (Å²) in [5.41, 5.74) is 8.57. The summed E-state index contributed by atoms with van der Waals surface area (Å²) < 4.78 is 0. The van der Waals surface area contributed by atoms with E-state index in [1.165, 1.54) is 5.69 Å². The van der Waals surface area contributed by atoms with Crippen LogP contribution in [0.5, 0.6) is 0 Å². The Morgan fingerprint density at radius 1 is 1.12 bits per heavy atom. The molecule has 1 heterocycles. The zero-order valence-electron chi connectivity index (χ0n) is 13.7. The van der Waals surface area contributed by atoms with Gasteiger partial charge in [-0.2, -0.15) is 0 Å². The Kier molecular flexibility index (Phi) is 6.64. The molecule has 1 atom stereocenters. The Hall–Kier alpha value is -2.04. The Labute approximate surface area is 149 Å². The Bertz CT molecular complexity index is 645. The highest BCUT2D eigenvalue weighted by Gasteiger charge is 2.23. The number of hydrogen-bond donors (Lipinski definition) is 2. The van der Waals surface area contributed by atoms with Crippen molar-refractivity contribution in [3.8, 4) is 0 Å². The fourth-order valence-electron chi connectivity index (χ4n) is 3.00. The minimum atomic E-state index is -0.00766. The molecule has 3 rings (SSSR count). The van der Waals surface area contributed by atoms with Gasteiger partial charge in [0.25, 0.3) is 5.91 Å². The van der Waals surface area contributed by atoms with Gasteiger partial charge in [0.1, 0.15) is 0 Å². The first-order valence-corrected chi connectivity index (χ1v) is 8.13. The fraction of sp³-hybridized carbons (Fsp3) is 0.316. The van der Waals surface area contributed by atoms with Gasteiger partial charge in [0.2, 0.25) is 0 Å². The second-order valence-corrected chi connectivity index (χ2v) is 6.05. The number of nitrogens with zero attached hydrogens (tertiary/aromatic N) is 1. The molecular weight excluding hydrogens is 322 g/mol. The number of carbonyl (C=O) groups is 1. The van der Waals surface area contributed by atoms with E-state index in [-0.39, 0.29) is 18.3 Å². The molecule has 2 aromatic rings. The van der Waals surface area contributed by atoms with Gasteiger partial charge >= 0.3 is 0 Å². The molecule has 24 heavy (non-hydrogen) atoms. The predicted molar refractivity (Wildman–Crippen MR) is 101 cm³/mol. The first kappa shape index (κ1) is 18.3. The first-order valence-electron chi connectivity index (χ1n) is 8.13. The average molecular weight is 346 g/mol. The van der Waals surface area contributed by atoms with E-state index in [2.05, 4.69) is 34.5 Å². The lowest BCUT2D eigenvalue weighted by Gasteiger charge is -2.18. The van der Waals surface area contributed by atoms with Crippen LogP contribution in [0.25, 0.3) is 0 Å². The van der Waals surface area contributed by atoms with Crippen LogP contribution in [0.1, 0.15) is 22.3 Å². The Morgan fingerprint density at radius 2 is 1.83 bits per heavy atom. The number of rotatable bonds is 5. The molecule has 1 saturated heterocycles. The van der Waals surface area contributed by atoms with Gasteiger partial charge < -0.3 is 16.0 Å². The molecule has 0 bridgehead atoms. The second-order valence-electron chi connectivity index (χ2n) is 6.05. The van der Waals surface area contributed by atoms with Crippen molar-refractivity contribution in [1.82, 2.24) is 5.32 Å². The summed E-state index contributed by atoms with van der Waals surface area (Å²) in [7, 11) is 0. The molecule has 0 radical (unpaired) electrons. The monoisotopic (exact) mass is 345 g/mol. The minimum absolute atomic E-state index is 0. The molecule has 5 heteroatoms. The molecule has 3 N–H and O–H groups in total. The molecule has 1 amide bonds. The quantitative estimate of drug-likeness (QED) is 0.876. The van der Waals surface area contributed by atoms with Crippen LogP contribution in [-0.4, -0.2) is 25.5 Å². The second kappa shape index (κ2) is 8.71. The maximum atomic E-state index is 12.2. The largest absolute Gasteiger partial charge is 0.371 e. The molecule has 0 saturated carbocycles. The fourth-order valence-corrected chi connectivity index (χ4v) is 3.00. The lowest BCUT2D eigenvalue weighted by atomic mass is 10.1. The highest BCUT2D eigenvalue weighted by molar-refractivity contribution is 5.94. The molecule has 0 spiro atoms. The van der Waals surface area contributed by atoms with Crippen LogP contribution in [0.4, 0.5) is 5.69 Å². The summed E-state index contributed by atoms with van der Waals surface area (Å²) in [5, 5.41) is 3.05. The van der Waals surface area contributed by atoms with E-state index in [1.807, 2.05) is 30.3 Å². The predicted octanol–water partition coefficient (Wildman–Crippen LogP) is 2.82. The van der Waals surface area contributed by atoms with Crippen molar-refractivity contribution >= 4 is 24.0 Å². The molecular formula is C19H24ClN3O. The van der Waals surface area contributed by atoms with Gasteiger partial charge in [0.15, 0.2) is 0 Å². The van der Waals surface area contributed by atoms with Crippen molar-refractivity contribution in [1.29, 1.82) is 0 Å². The normalized spacial score (nSPS) is 16.5. The number of halogens is 1. The van der Waals surface area contributed by atoms with Crippen LogP contribution in [0, 0.1) is 5.92 Å². The van der Waals surface area contributed by atoms with E-state index in [0.29, 0.717) is 18.0 Å². The number of anilines is 1. The summed E-state index contributed by atoms with van der Waals surface area (Å²) in [5.74, 6) is 0.495. The standard InChI is InChI=1S/C19H23N3O.ClH/c20-12-15-6-8-17(9-7-15)19(23)21-13-16-10-11-22(14-16)18-4-2-1-3-5-18;/h1-9,16H,10-14,20H2,(H,21,23);1H. The molecule has 1 aliphatic rings. The third-order valence-corrected chi connectivity index (χ3v) is 4.41. The zero-order valence-corrected chi connectivity index (χ0v) is 14.5. The van der Waals surface area contributed by atoms with Gasteiger partial charge in [-0.25, -0.2) is 0 Å². The minimum Gasteiger partial charge on any atom is -0.371 e. The van der Waals surface area contributed by atoms with Gasteiger partial charge in [0.05, 0.1) is 0 Å². The van der Waals surface area contributed by atoms with Crippen LogP contribution in [0.15, 0.2) is 54.6 Å². The van der Waals surface area contributed by atoms with Crippen molar-refractivity contribution < 1.29 is 4.79 Å². The average Bonchev–Trinajstić information content (AvgIpc) is 3.09. The summed E-state index contributed by atoms with van der Waals surface area (Å²) in [6.45, 7) is 3.27. The lowest BCUT2D eigenvalue weighted by molar-refractivity contribution is 0.0948. The molecule has 0 aliphatic carbocycles. The molecule has 0 aromatic heterocycles. The van der Waals surface area contributed by atoms with Gasteiger partial charge in [-0.05, 0) is 42.2 Å². The van der Waals surface area contributed by atoms with Crippen molar-refractivity contribution in [3.63, 3.8) is 0 Å².